The fourth-order valence-corrected chi connectivity index (χ4v) is 2.69. The van der Waals surface area contributed by atoms with Gasteiger partial charge in [-0.05, 0) is 35.7 Å². The van der Waals surface area contributed by atoms with Crippen LogP contribution in [0.4, 0.5) is 11.4 Å². The van der Waals surface area contributed by atoms with E-state index in [-0.39, 0.29) is 24.8 Å². The van der Waals surface area contributed by atoms with E-state index in [4.69, 9.17) is 4.74 Å². The molecule has 2 aromatic carbocycles. The van der Waals surface area contributed by atoms with Crippen molar-refractivity contribution in [2.24, 2.45) is 0 Å². The number of amides is 2. The van der Waals surface area contributed by atoms with E-state index in [0.717, 1.165) is 5.69 Å². The van der Waals surface area contributed by atoms with Crippen LogP contribution in [0.3, 0.4) is 0 Å². The molecule has 0 bridgehead atoms. The number of hydrogen-bond donors (Lipinski definition) is 1. The fourth-order valence-electron chi connectivity index (χ4n) is 2.69. The van der Waals surface area contributed by atoms with E-state index in [1.54, 1.807) is 18.1 Å². The monoisotopic (exact) mass is 354 g/mol. The largest absolute Gasteiger partial charge is 0.495 e. The van der Waals surface area contributed by atoms with E-state index < -0.39 is 0 Å². The fraction of sp³-hybridized carbons (Fsp3) is 0.333. The molecule has 0 heterocycles. The van der Waals surface area contributed by atoms with Crippen LogP contribution >= 0.6 is 0 Å². The Hall–Kier alpha value is -2.82. The first-order chi connectivity index (χ1) is 12.4. The second kappa shape index (κ2) is 9.04. The van der Waals surface area contributed by atoms with Crippen molar-refractivity contribution >= 4 is 23.2 Å². The van der Waals surface area contributed by atoms with Gasteiger partial charge in [0, 0.05) is 25.6 Å². The van der Waals surface area contributed by atoms with Gasteiger partial charge in [0.15, 0.2) is 0 Å². The Balaban J connectivity index is 2.00. The Labute approximate surface area is 155 Å². The molecule has 0 spiro atoms. The van der Waals surface area contributed by atoms with Gasteiger partial charge in [-0.1, -0.05) is 38.1 Å². The van der Waals surface area contributed by atoms with Crippen LogP contribution in [0.2, 0.25) is 0 Å². The number of methoxy groups -OCH3 is 1. The van der Waals surface area contributed by atoms with Crippen LogP contribution in [0.5, 0.6) is 5.75 Å². The maximum atomic E-state index is 12.3. The summed E-state index contributed by atoms with van der Waals surface area (Å²) in [6.45, 7) is 6.02. The van der Waals surface area contributed by atoms with Crippen molar-refractivity contribution in [2.45, 2.75) is 33.1 Å². The molecular formula is C21H26N2O3. The van der Waals surface area contributed by atoms with E-state index in [1.165, 1.54) is 12.5 Å². The zero-order chi connectivity index (χ0) is 19.1. The Bertz CT molecular complexity index is 754. The Morgan fingerprint density at radius 3 is 2.31 bits per heavy atom. The molecule has 0 unspecified atom stereocenters. The van der Waals surface area contributed by atoms with E-state index in [0.29, 0.717) is 17.4 Å². The van der Waals surface area contributed by atoms with E-state index in [9.17, 15) is 9.59 Å². The van der Waals surface area contributed by atoms with Crippen molar-refractivity contribution in [3.63, 3.8) is 0 Å². The lowest BCUT2D eigenvalue weighted by Crippen LogP contribution is -2.32. The average molecular weight is 354 g/mol. The predicted molar refractivity (Wildman–Crippen MR) is 105 cm³/mol. The molecule has 1 N–H and O–H groups in total. The first kappa shape index (κ1) is 19.5. The summed E-state index contributed by atoms with van der Waals surface area (Å²) in [6.07, 6.45) is 0.198. The number of benzene rings is 2. The van der Waals surface area contributed by atoms with Crippen LogP contribution in [-0.4, -0.2) is 25.5 Å². The van der Waals surface area contributed by atoms with Crippen molar-refractivity contribution < 1.29 is 14.3 Å². The van der Waals surface area contributed by atoms with E-state index in [2.05, 4.69) is 19.2 Å². The molecule has 0 aliphatic heterocycles. The zero-order valence-corrected chi connectivity index (χ0v) is 15.8. The van der Waals surface area contributed by atoms with Gasteiger partial charge in [-0.15, -0.1) is 0 Å². The summed E-state index contributed by atoms with van der Waals surface area (Å²) in [7, 11) is 1.56. The van der Waals surface area contributed by atoms with Gasteiger partial charge in [-0.3, -0.25) is 9.59 Å². The number of nitrogens with zero attached hydrogens (tertiary/aromatic N) is 1. The molecule has 5 nitrogen and oxygen atoms in total. The Kier molecular flexibility index (Phi) is 6.78. The summed E-state index contributed by atoms with van der Waals surface area (Å²) in [5.41, 5.74) is 2.64. The summed E-state index contributed by atoms with van der Waals surface area (Å²) < 4.78 is 5.31. The molecule has 0 fully saturated rings. The maximum absolute atomic E-state index is 12.3. The van der Waals surface area contributed by atoms with Crippen molar-refractivity contribution in [3.8, 4) is 5.75 Å². The van der Waals surface area contributed by atoms with Crippen molar-refractivity contribution in [1.29, 1.82) is 0 Å². The molecule has 2 aromatic rings. The smallest absolute Gasteiger partial charge is 0.226 e. The third kappa shape index (κ3) is 5.09. The second-order valence-corrected chi connectivity index (χ2v) is 6.42. The molecule has 0 radical (unpaired) electrons. The standard InChI is InChI=1S/C21H26N2O3/c1-15(2)17-9-11-18(12-10-17)22-21(25)13-14-23(16(3)24)19-7-5-6-8-20(19)26-4/h5-12,15H,13-14H2,1-4H3,(H,22,25). The van der Waals surface area contributed by atoms with Crippen LogP contribution in [0.1, 0.15) is 38.7 Å². The molecule has 138 valence electrons. The Morgan fingerprint density at radius 2 is 1.73 bits per heavy atom. The molecule has 5 heteroatoms. The lowest BCUT2D eigenvalue weighted by atomic mass is 10.0. The van der Waals surface area contributed by atoms with Crippen LogP contribution in [0, 0.1) is 0 Å². The highest BCUT2D eigenvalue weighted by atomic mass is 16.5. The normalized spacial score (nSPS) is 10.5. The van der Waals surface area contributed by atoms with Gasteiger partial charge in [0.05, 0.1) is 12.8 Å². The van der Waals surface area contributed by atoms with Crippen LogP contribution in [0.15, 0.2) is 48.5 Å². The molecule has 26 heavy (non-hydrogen) atoms. The maximum Gasteiger partial charge on any atom is 0.226 e. The van der Waals surface area contributed by atoms with Gasteiger partial charge in [-0.2, -0.15) is 0 Å². The minimum absolute atomic E-state index is 0.136. The van der Waals surface area contributed by atoms with Crippen molar-refractivity contribution in [1.82, 2.24) is 0 Å². The highest BCUT2D eigenvalue weighted by Gasteiger charge is 2.17. The number of carbonyl (C=O) groups is 2. The summed E-state index contributed by atoms with van der Waals surface area (Å²) in [5, 5.41) is 2.87. The molecule has 2 amide bonds. The average Bonchev–Trinajstić information content (AvgIpc) is 2.62. The number of rotatable bonds is 7. The molecule has 0 saturated heterocycles. The van der Waals surface area contributed by atoms with Gasteiger partial charge < -0.3 is 15.0 Å². The lowest BCUT2D eigenvalue weighted by molar-refractivity contribution is -0.117. The third-order valence-corrected chi connectivity index (χ3v) is 4.18. The first-order valence-corrected chi connectivity index (χ1v) is 8.73. The SMILES string of the molecule is COc1ccccc1N(CCC(=O)Nc1ccc(C(C)C)cc1)C(C)=O. The Morgan fingerprint density at radius 1 is 1.08 bits per heavy atom. The molecular weight excluding hydrogens is 328 g/mol. The zero-order valence-electron chi connectivity index (χ0n) is 15.8. The van der Waals surface area contributed by atoms with Crippen LogP contribution in [-0.2, 0) is 9.59 Å². The molecule has 0 aliphatic rings. The number of nitrogens with one attached hydrogen (secondary N) is 1. The summed E-state index contributed by atoms with van der Waals surface area (Å²) in [5.74, 6) is 0.782. The van der Waals surface area contributed by atoms with Gasteiger partial charge in [0.2, 0.25) is 11.8 Å². The third-order valence-electron chi connectivity index (χ3n) is 4.18. The lowest BCUT2D eigenvalue weighted by Gasteiger charge is -2.23. The highest BCUT2D eigenvalue weighted by molar-refractivity contribution is 5.95. The van der Waals surface area contributed by atoms with Crippen molar-refractivity contribution in [3.05, 3.63) is 54.1 Å². The molecule has 0 aromatic heterocycles. The minimum Gasteiger partial charge on any atom is -0.495 e. The molecule has 0 atom stereocenters. The molecule has 0 saturated carbocycles. The summed E-state index contributed by atoms with van der Waals surface area (Å²) >= 11 is 0. The molecule has 2 rings (SSSR count). The van der Waals surface area contributed by atoms with Gasteiger partial charge >= 0.3 is 0 Å². The number of anilines is 2. The van der Waals surface area contributed by atoms with Gasteiger partial charge in [-0.25, -0.2) is 0 Å². The first-order valence-electron chi connectivity index (χ1n) is 8.73. The number of hydrogen-bond acceptors (Lipinski definition) is 3. The highest BCUT2D eigenvalue weighted by Crippen LogP contribution is 2.28. The van der Waals surface area contributed by atoms with Crippen molar-refractivity contribution in [2.75, 3.05) is 23.9 Å². The van der Waals surface area contributed by atoms with Crippen LogP contribution in [0.25, 0.3) is 0 Å². The summed E-state index contributed by atoms with van der Waals surface area (Å²) in [6, 6.07) is 15.1. The topological polar surface area (TPSA) is 58.6 Å². The second-order valence-electron chi connectivity index (χ2n) is 6.42. The van der Waals surface area contributed by atoms with Gasteiger partial charge in [0.25, 0.3) is 0 Å². The van der Waals surface area contributed by atoms with E-state index in [1.807, 2.05) is 42.5 Å². The quantitative estimate of drug-likeness (QED) is 0.811. The molecule has 0 aliphatic carbocycles. The minimum atomic E-state index is -0.136. The summed E-state index contributed by atoms with van der Waals surface area (Å²) in [4.78, 5) is 25.8. The number of para-hydroxylation sites is 2. The van der Waals surface area contributed by atoms with Crippen LogP contribution < -0.4 is 15.0 Å². The van der Waals surface area contributed by atoms with Gasteiger partial charge in [0.1, 0.15) is 5.75 Å². The predicted octanol–water partition coefficient (Wildman–Crippen LogP) is 4.20. The number of carbonyl (C=O) groups excluding carboxylic acids is 2. The van der Waals surface area contributed by atoms with E-state index >= 15 is 0 Å². The number of ether oxygens (including phenoxy) is 1.